The van der Waals surface area contributed by atoms with E-state index in [0.29, 0.717) is 0 Å². The molecule has 0 amide bonds. The molecule has 2 rings (SSSR count). The molecule has 2 aromatic heterocycles. The molecule has 0 aliphatic rings. The molecule has 0 saturated heterocycles. The maximum Gasteiger partial charge on any atom is 0.338 e. The Hall–Kier alpha value is -1.56. The van der Waals surface area contributed by atoms with Crippen LogP contribution >= 0.6 is 13.5 Å². The summed E-state index contributed by atoms with van der Waals surface area (Å²) >= 11 is 0. The normalized spacial score (nSPS) is 9.23. The first-order valence-corrected chi connectivity index (χ1v) is 3.38. The fourth-order valence-electron chi connectivity index (χ4n) is 0.878. The van der Waals surface area contributed by atoms with E-state index in [1.165, 1.54) is 21.8 Å². The van der Waals surface area contributed by atoms with E-state index in [4.69, 9.17) is 0 Å². The van der Waals surface area contributed by atoms with Gasteiger partial charge in [0.1, 0.15) is 12.7 Å². The van der Waals surface area contributed by atoms with E-state index in [1.54, 1.807) is 24.8 Å². The van der Waals surface area contributed by atoms with Gasteiger partial charge in [0.25, 0.3) is 0 Å². The van der Waals surface area contributed by atoms with Crippen LogP contribution in [-0.2, 0) is 0 Å². The van der Waals surface area contributed by atoms with Gasteiger partial charge in [0.05, 0.1) is 0 Å². The zero-order chi connectivity index (χ0) is 8.39. The smallest absolute Gasteiger partial charge is 0.257 e. The lowest BCUT2D eigenvalue weighted by Gasteiger charge is -1.98. The molecule has 68 valence electrons. The highest BCUT2D eigenvalue weighted by Crippen LogP contribution is 1.91. The first kappa shape index (κ1) is 9.53. The molecule has 0 aliphatic carbocycles. The Morgan fingerprint density at radius 1 is 1.00 bits per heavy atom. The van der Waals surface area contributed by atoms with Gasteiger partial charge in [-0.1, -0.05) is 0 Å². The third-order valence-electron chi connectivity index (χ3n) is 1.45. The van der Waals surface area contributed by atoms with Gasteiger partial charge in [0.15, 0.2) is 0 Å². The van der Waals surface area contributed by atoms with Gasteiger partial charge >= 0.3 is 6.03 Å². The third kappa shape index (κ3) is 1.78. The molecule has 2 aromatic rings. The molecular formula is C7H8N4OS. The first-order valence-electron chi connectivity index (χ1n) is 3.38. The molecular weight excluding hydrogens is 188 g/mol. The van der Waals surface area contributed by atoms with E-state index in [9.17, 15) is 4.79 Å². The summed E-state index contributed by atoms with van der Waals surface area (Å²) < 4.78 is 2.75. The molecule has 0 fully saturated rings. The summed E-state index contributed by atoms with van der Waals surface area (Å²) in [5.74, 6) is 0. The van der Waals surface area contributed by atoms with Crippen molar-refractivity contribution in [2.24, 2.45) is 0 Å². The number of imidazole rings is 2. The van der Waals surface area contributed by atoms with Crippen LogP contribution in [0.15, 0.2) is 37.4 Å². The molecule has 0 aliphatic heterocycles. The fourth-order valence-corrected chi connectivity index (χ4v) is 0.878. The maximum atomic E-state index is 11.4. The van der Waals surface area contributed by atoms with Gasteiger partial charge in [-0.05, 0) is 0 Å². The summed E-state index contributed by atoms with van der Waals surface area (Å²) in [5, 5.41) is 0. The molecule has 0 aromatic carbocycles. The highest BCUT2D eigenvalue weighted by molar-refractivity contribution is 7.59. The predicted octanol–water partition coefficient (Wildman–Crippen LogP) is 0.709. The lowest BCUT2D eigenvalue weighted by molar-refractivity contribution is 0.244. The Morgan fingerprint density at radius 2 is 1.46 bits per heavy atom. The van der Waals surface area contributed by atoms with Crippen LogP contribution in [0.5, 0.6) is 0 Å². The third-order valence-corrected chi connectivity index (χ3v) is 1.45. The number of carbonyl (C=O) groups excluding carboxylic acids is 1. The minimum atomic E-state index is -0.190. The van der Waals surface area contributed by atoms with Crippen molar-refractivity contribution in [3.8, 4) is 0 Å². The second kappa shape index (κ2) is 3.90. The van der Waals surface area contributed by atoms with Gasteiger partial charge in [-0.2, -0.15) is 13.5 Å². The largest absolute Gasteiger partial charge is 0.338 e. The molecule has 5 nitrogen and oxygen atoms in total. The number of nitrogens with zero attached hydrogens (tertiary/aromatic N) is 4. The van der Waals surface area contributed by atoms with Crippen LogP contribution in [0.1, 0.15) is 0 Å². The SMILES string of the molecule is O=C(n1ccnc1)n1ccnc1.S. The lowest BCUT2D eigenvalue weighted by atomic mass is 10.8. The van der Waals surface area contributed by atoms with Crippen molar-refractivity contribution in [3.63, 3.8) is 0 Å². The van der Waals surface area contributed by atoms with Crippen molar-refractivity contribution < 1.29 is 4.79 Å². The second-order valence-electron chi connectivity index (χ2n) is 2.22. The summed E-state index contributed by atoms with van der Waals surface area (Å²) in [6, 6.07) is -0.190. The van der Waals surface area contributed by atoms with E-state index in [-0.39, 0.29) is 19.5 Å². The maximum absolute atomic E-state index is 11.4. The average molecular weight is 196 g/mol. The number of hydrogen-bond donors (Lipinski definition) is 0. The molecule has 13 heavy (non-hydrogen) atoms. The van der Waals surface area contributed by atoms with Gasteiger partial charge in [-0.15, -0.1) is 0 Å². The standard InChI is InChI=1S/C7H6N4O.H2S/c12-7(10-3-1-8-5-10)11-4-2-9-6-11;/h1-6H;1H2. The van der Waals surface area contributed by atoms with Crippen LogP contribution in [0.3, 0.4) is 0 Å². The van der Waals surface area contributed by atoms with E-state index in [1.807, 2.05) is 0 Å². The highest BCUT2D eigenvalue weighted by atomic mass is 32.1. The Balaban J connectivity index is 0.000000845. The Bertz CT molecular complexity index is 331. The molecule has 0 N–H and O–H groups in total. The quantitative estimate of drug-likeness (QED) is 0.623. The minimum Gasteiger partial charge on any atom is -0.257 e. The zero-order valence-electron chi connectivity index (χ0n) is 6.66. The van der Waals surface area contributed by atoms with Crippen molar-refractivity contribution in [2.45, 2.75) is 0 Å². The number of aromatic nitrogens is 4. The van der Waals surface area contributed by atoms with Crippen molar-refractivity contribution in [1.82, 2.24) is 19.1 Å². The van der Waals surface area contributed by atoms with Crippen molar-refractivity contribution >= 4 is 19.5 Å². The summed E-state index contributed by atoms with van der Waals surface area (Å²) in [5.41, 5.74) is 0. The Kier molecular flexibility index (Phi) is 2.86. The highest BCUT2D eigenvalue weighted by Gasteiger charge is 2.03. The Labute approximate surface area is 81.5 Å². The van der Waals surface area contributed by atoms with E-state index < -0.39 is 0 Å². The van der Waals surface area contributed by atoms with E-state index >= 15 is 0 Å². The fraction of sp³-hybridized carbons (Fsp3) is 0. The first-order chi connectivity index (χ1) is 5.88. The number of rotatable bonds is 0. The van der Waals surface area contributed by atoms with Crippen LogP contribution in [0.2, 0.25) is 0 Å². The second-order valence-corrected chi connectivity index (χ2v) is 2.22. The molecule has 2 heterocycles. The molecule has 0 bridgehead atoms. The predicted molar refractivity (Wildman–Crippen MR) is 51.0 cm³/mol. The van der Waals surface area contributed by atoms with E-state index in [0.717, 1.165) is 0 Å². The Morgan fingerprint density at radius 3 is 1.77 bits per heavy atom. The average Bonchev–Trinajstić information content (AvgIpc) is 2.77. The lowest BCUT2D eigenvalue weighted by Crippen LogP contribution is -2.15. The molecule has 0 unspecified atom stereocenters. The molecule has 0 atom stereocenters. The molecule has 0 saturated carbocycles. The van der Waals surface area contributed by atoms with Gasteiger partial charge in [0, 0.05) is 24.8 Å². The van der Waals surface area contributed by atoms with Gasteiger partial charge in [-0.3, -0.25) is 9.13 Å². The molecule has 0 radical (unpaired) electrons. The number of hydrogen-bond acceptors (Lipinski definition) is 3. The van der Waals surface area contributed by atoms with Crippen molar-refractivity contribution in [1.29, 1.82) is 0 Å². The summed E-state index contributed by atoms with van der Waals surface area (Å²) in [6.07, 6.45) is 9.17. The van der Waals surface area contributed by atoms with Gasteiger partial charge < -0.3 is 0 Å². The van der Waals surface area contributed by atoms with Crippen LogP contribution < -0.4 is 0 Å². The zero-order valence-corrected chi connectivity index (χ0v) is 7.66. The van der Waals surface area contributed by atoms with Gasteiger partial charge in [-0.25, -0.2) is 14.8 Å². The topological polar surface area (TPSA) is 52.7 Å². The monoisotopic (exact) mass is 196 g/mol. The minimum absolute atomic E-state index is 0. The van der Waals surface area contributed by atoms with E-state index in [2.05, 4.69) is 9.97 Å². The summed E-state index contributed by atoms with van der Waals surface area (Å²) in [6.45, 7) is 0. The molecule has 0 spiro atoms. The van der Waals surface area contributed by atoms with Crippen LogP contribution in [0.4, 0.5) is 4.79 Å². The van der Waals surface area contributed by atoms with Crippen LogP contribution in [0, 0.1) is 0 Å². The van der Waals surface area contributed by atoms with Crippen LogP contribution in [0.25, 0.3) is 0 Å². The van der Waals surface area contributed by atoms with Gasteiger partial charge in [0.2, 0.25) is 0 Å². The number of carbonyl (C=O) groups is 1. The van der Waals surface area contributed by atoms with Crippen molar-refractivity contribution in [3.05, 3.63) is 37.4 Å². The summed E-state index contributed by atoms with van der Waals surface area (Å²) in [4.78, 5) is 18.9. The molecule has 6 heteroatoms. The van der Waals surface area contributed by atoms with Crippen molar-refractivity contribution in [2.75, 3.05) is 0 Å². The summed E-state index contributed by atoms with van der Waals surface area (Å²) in [7, 11) is 0. The van der Waals surface area contributed by atoms with Crippen LogP contribution in [-0.4, -0.2) is 25.1 Å².